The Hall–Kier alpha value is -0.350. The van der Waals surface area contributed by atoms with Crippen molar-refractivity contribution in [3.8, 4) is 0 Å². The highest BCUT2D eigenvalue weighted by Crippen LogP contribution is 2.35. The number of amides is 1. The van der Waals surface area contributed by atoms with Gasteiger partial charge in [-0.05, 0) is 24.0 Å². The van der Waals surface area contributed by atoms with Crippen molar-refractivity contribution in [1.29, 1.82) is 0 Å². The lowest BCUT2D eigenvalue weighted by Crippen LogP contribution is -2.53. The summed E-state index contributed by atoms with van der Waals surface area (Å²) in [6.45, 7) is 2.09. The fourth-order valence-corrected chi connectivity index (χ4v) is 4.22. The third-order valence-electron chi connectivity index (χ3n) is 3.75. The van der Waals surface area contributed by atoms with Gasteiger partial charge >= 0.3 is 0 Å². The number of rotatable bonds is 5. The number of halogens is 2. The number of hydrogen-bond acceptors (Lipinski definition) is 1. The largest absolute Gasteiger partial charge is 0.348 e. The molecule has 0 aliphatic heterocycles. The van der Waals surface area contributed by atoms with E-state index in [1.165, 1.54) is 11.1 Å². The number of hydrogen-bond donors (Lipinski definition) is 1. The van der Waals surface area contributed by atoms with Crippen molar-refractivity contribution in [2.24, 2.45) is 0 Å². The standard InChI is InChI=1S/C14H17Br2NO/c1-2-14(8-15,9-16)17-13(18)12-7-10-5-3-4-6-11(10)12/h3-6,12H,2,7-9H2,1H3,(H,17,18). The minimum Gasteiger partial charge on any atom is -0.348 e. The zero-order valence-electron chi connectivity index (χ0n) is 10.4. The van der Waals surface area contributed by atoms with E-state index in [9.17, 15) is 4.79 Å². The van der Waals surface area contributed by atoms with Gasteiger partial charge in [-0.3, -0.25) is 4.79 Å². The van der Waals surface area contributed by atoms with Crippen molar-refractivity contribution in [3.63, 3.8) is 0 Å². The number of alkyl halides is 2. The van der Waals surface area contributed by atoms with Gasteiger partial charge in [0.05, 0.1) is 11.5 Å². The molecule has 2 rings (SSSR count). The third-order valence-corrected chi connectivity index (χ3v) is 5.89. The maximum Gasteiger partial charge on any atom is 0.228 e. The van der Waals surface area contributed by atoms with E-state index in [0.29, 0.717) is 0 Å². The Balaban J connectivity index is 2.07. The van der Waals surface area contributed by atoms with Crippen molar-refractivity contribution in [1.82, 2.24) is 5.32 Å². The summed E-state index contributed by atoms with van der Waals surface area (Å²) in [6.07, 6.45) is 1.77. The van der Waals surface area contributed by atoms with Crippen LogP contribution in [0.3, 0.4) is 0 Å². The van der Waals surface area contributed by atoms with Crippen LogP contribution in [0.5, 0.6) is 0 Å². The predicted molar refractivity (Wildman–Crippen MR) is 81.6 cm³/mol. The quantitative estimate of drug-likeness (QED) is 0.786. The number of nitrogens with one attached hydrogen (secondary N) is 1. The minimum absolute atomic E-state index is 0.0326. The maximum atomic E-state index is 12.3. The summed E-state index contributed by atoms with van der Waals surface area (Å²) in [5.74, 6) is 0.180. The molecule has 1 amide bonds. The Morgan fingerprint density at radius 1 is 1.39 bits per heavy atom. The monoisotopic (exact) mass is 373 g/mol. The van der Waals surface area contributed by atoms with Gasteiger partial charge in [0.2, 0.25) is 5.91 Å². The first kappa shape index (κ1) is 14.1. The third kappa shape index (κ3) is 2.50. The fourth-order valence-electron chi connectivity index (χ4n) is 2.22. The molecule has 18 heavy (non-hydrogen) atoms. The highest BCUT2D eigenvalue weighted by Gasteiger charge is 2.36. The molecule has 1 aliphatic carbocycles. The fraction of sp³-hybridized carbons (Fsp3) is 0.500. The maximum absolute atomic E-state index is 12.3. The van der Waals surface area contributed by atoms with Crippen LogP contribution < -0.4 is 5.32 Å². The molecule has 0 heterocycles. The van der Waals surface area contributed by atoms with E-state index >= 15 is 0 Å². The normalized spacial score (nSPS) is 17.8. The SMILES string of the molecule is CCC(CBr)(CBr)NC(=O)C1Cc2ccccc21. The molecular weight excluding hydrogens is 358 g/mol. The molecule has 0 saturated carbocycles. The summed E-state index contributed by atoms with van der Waals surface area (Å²) < 4.78 is 0. The molecule has 1 aliphatic rings. The molecule has 0 saturated heterocycles. The molecule has 0 spiro atoms. The minimum atomic E-state index is -0.179. The van der Waals surface area contributed by atoms with Crippen molar-refractivity contribution in [2.45, 2.75) is 31.2 Å². The number of carbonyl (C=O) groups excluding carboxylic acids is 1. The molecule has 1 N–H and O–H groups in total. The first-order valence-corrected chi connectivity index (χ1v) is 8.42. The van der Waals surface area contributed by atoms with E-state index < -0.39 is 0 Å². The second-order valence-corrected chi connectivity index (χ2v) is 5.97. The average molecular weight is 375 g/mol. The zero-order chi connectivity index (χ0) is 13.2. The summed E-state index contributed by atoms with van der Waals surface area (Å²) in [6, 6.07) is 8.18. The van der Waals surface area contributed by atoms with Crippen molar-refractivity contribution in [3.05, 3.63) is 35.4 Å². The van der Waals surface area contributed by atoms with Gasteiger partial charge in [0.15, 0.2) is 0 Å². The van der Waals surface area contributed by atoms with Gasteiger partial charge in [-0.15, -0.1) is 0 Å². The molecule has 1 atom stereocenters. The number of fused-ring (bicyclic) bond motifs is 1. The summed E-state index contributed by atoms with van der Waals surface area (Å²) in [7, 11) is 0. The first-order valence-electron chi connectivity index (χ1n) is 6.17. The molecule has 2 nitrogen and oxygen atoms in total. The number of benzene rings is 1. The van der Waals surface area contributed by atoms with Crippen molar-refractivity contribution >= 4 is 37.8 Å². The molecule has 0 radical (unpaired) electrons. The smallest absolute Gasteiger partial charge is 0.228 e. The van der Waals surface area contributed by atoms with Crippen LogP contribution in [-0.2, 0) is 11.2 Å². The van der Waals surface area contributed by atoms with E-state index in [4.69, 9.17) is 0 Å². The Bertz CT molecular complexity index is 435. The topological polar surface area (TPSA) is 29.1 Å². The van der Waals surface area contributed by atoms with Crippen LogP contribution in [-0.4, -0.2) is 22.1 Å². The van der Waals surface area contributed by atoms with Gasteiger partial charge in [0.1, 0.15) is 0 Å². The summed E-state index contributed by atoms with van der Waals surface area (Å²) in [5.41, 5.74) is 2.31. The Kier molecular flexibility index (Phi) is 4.49. The van der Waals surface area contributed by atoms with Crippen molar-refractivity contribution in [2.75, 3.05) is 10.7 Å². The Morgan fingerprint density at radius 2 is 2.06 bits per heavy atom. The van der Waals surface area contributed by atoms with Gasteiger partial charge in [-0.2, -0.15) is 0 Å². The summed E-state index contributed by atoms with van der Waals surface area (Å²) >= 11 is 7.00. The van der Waals surface area contributed by atoms with Crippen LogP contribution in [0.4, 0.5) is 0 Å². The van der Waals surface area contributed by atoms with Crippen LogP contribution >= 0.6 is 31.9 Å². The lowest BCUT2D eigenvalue weighted by molar-refractivity contribution is -0.124. The van der Waals surface area contributed by atoms with E-state index in [2.05, 4.69) is 56.2 Å². The van der Waals surface area contributed by atoms with Gasteiger partial charge in [-0.1, -0.05) is 63.0 Å². The Labute approximate surface area is 125 Å². The average Bonchev–Trinajstić information content (AvgIpc) is 2.37. The van der Waals surface area contributed by atoms with Crippen LogP contribution in [0, 0.1) is 0 Å². The molecule has 1 aromatic carbocycles. The molecule has 98 valence electrons. The molecular formula is C14H17Br2NO. The van der Waals surface area contributed by atoms with E-state index in [-0.39, 0.29) is 17.4 Å². The Morgan fingerprint density at radius 3 is 2.61 bits per heavy atom. The second-order valence-electron chi connectivity index (χ2n) is 4.85. The van der Waals surface area contributed by atoms with Gasteiger partial charge < -0.3 is 5.32 Å². The highest BCUT2D eigenvalue weighted by atomic mass is 79.9. The van der Waals surface area contributed by atoms with Gasteiger partial charge in [0.25, 0.3) is 0 Å². The van der Waals surface area contributed by atoms with Crippen molar-refractivity contribution < 1.29 is 4.79 Å². The zero-order valence-corrected chi connectivity index (χ0v) is 13.6. The summed E-state index contributed by atoms with van der Waals surface area (Å²) in [5, 5.41) is 4.72. The second kappa shape index (κ2) is 5.74. The van der Waals surface area contributed by atoms with Crippen LogP contribution in [0.15, 0.2) is 24.3 Å². The molecule has 1 aromatic rings. The molecule has 0 fully saturated rings. The van der Waals surface area contributed by atoms with E-state index in [0.717, 1.165) is 23.5 Å². The first-order chi connectivity index (χ1) is 8.65. The van der Waals surface area contributed by atoms with E-state index in [1.54, 1.807) is 0 Å². The van der Waals surface area contributed by atoms with Crippen LogP contribution in [0.25, 0.3) is 0 Å². The van der Waals surface area contributed by atoms with Crippen LogP contribution in [0.1, 0.15) is 30.4 Å². The van der Waals surface area contributed by atoms with Crippen LogP contribution in [0.2, 0.25) is 0 Å². The molecule has 0 aromatic heterocycles. The molecule has 1 unspecified atom stereocenters. The lowest BCUT2D eigenvalue weighted by atomic mass is 9.76. The van der Waals surface area contributed by atoms with E-state index in [1.807, 2.05) is 12.1 Å². The molecule has 0 bridgehead atoms. The predicted octanol–water partition coefficient (Wildman–Crippen LogP) is 3.38. The van der Waals surface area contributed by atoms with Gasteiger partial charge in [-0.25, -0.2) is 0 Å². The van der Waals surface area contributed by atoms with Gasteiger partial charge in [0, 0.05) is 10.7 Å². The number of carbonyl (C=O) groups is 1. The summed E-state index contributed by atoms with van der Waals surface area (Å²) in [4.78, 5) is 12.3. The molecule has 4 heteroatoms. The highest BCUT2D eigenvalue weighted by molar-refractivity contribution is 9.09. The lowest BCUT2D eigenvalue weighted by Gasteiger charge is -2.35.